The highest BCUT2D eigenvalue weighted by Gasteiger charge is 2.04. The highest BCUT2D eigenvalue weighted by atomic mass is 16.5. The van der Waals surface area contributed by atoms with Crippen molar-refractivity contribution in [1.29, 1.82) is 0 Å². The van der Waals surface area contributed by atoms with E-state index in [-0.39, 0.29) is 0 Å². The van der Waals surface area contributed by atoms with E-state index in [1.165, 1.54) is 0 Å². The number of aromatic hydroxyl groups is 1. The Kier molecular flexibility index (Phi) is 5.23. The lowest BCUT2D eigenvalue weighted by molar-refractivity contribution is 0.379. The maximum Gasteiger partial charge on any atom is 0.169 e. The summed E-state index contributed by atoms with van der Waals surface area (Å²) in [6.45, 7) is 3.76. The number of phenols is 1. The first kappa shape index (κ1) is 17.5. The molecule has 0 heterocycles. The van der Waals surface area contributed by atoms with Gasteiger partial charge in [0.2, 0.25) is 0 Å². The summed E-state index contributed by atoms with van der Waals surface area (Å²) >= 11 is 0. The van der Waals surface area contributed by atoms with Crippen molar-refractivity contribution in [3.63, 3.8) is 0 Å². The molecule has 0 amide bonds. The van der Waals surface area contributed by atoms with Crippen LogP contribution in [0.3, 0.4) is 0 Å². The maximum atomic E-state index is 9.84. The van der Waals surface area contributed by atoms with Gasteiger partial charge < -0.3 is 14.6 Å². The van der Waals surface area contributed by atoms with Crippen LogP contribution in [0.1, 0.15) is 16.7 Å². The summed E-state index contributed by atoms with van der Waals surface area (Å²) in [6.07, 6.45) is 1.79. The Morgan fingerprint density at radius 2 is 1.50 bits per heavy atom. The van der Waals surface area contributed by atoms with Crippen molar-refractivity contribution in [2.75, 3.05) is 7.11 Å². The second kappa shape index (κ2) is 7.74. The normalized spacial score (nSPS) is 10.9. The molecule has 1 N–H and O–H groups in total. The average molecular weight is 347 g/mol. The Morgan fingerprint density at radius 1 is 0.885 bits per heavy atom. The molecule has 0 saturated carbocycles. The number of hydrogen-bond donors (Lipinski definition) is 1. The summed E-state index contributed by atoms with van der Waals surface area (Å²) in [5.74, 6) is 2.40. The van der Waals surface area contributed by atoms with Crippen LogP contribution in [0.5, 0.6) is 23.0 Å². The van der Waals surface area contributed by atoms with Gasteiger partial charge in [-0.3, -0.25) is 4.99 Å². The maximum absolute atomic E-state index is 9.84. The molecule has 3 aromatic carbocycles. The van der Waals surface area contributed by atoms with E-state index in [2.05, 4.69) is 4.99 Å². The van der Waals surface area contributed by atoms with Gasteiger partial charge in [0.15, 0.2) is 11.5 Å². The summed E-state index contributed by atoms with van der Waals surface area (Å²) in [7, 11) is 1.62. The molecule has 0 spiro atoms. The number of aryl methyl sites for hydroxylation is 2. The number of para-hydroxylation sites is 2. The van der Waals surface area contributed by atoms with Crippen molar-refractivity contribution in [2.45, 2.75) is 13.8 Å². The highest BCUT2D eigenvalue weighted by Crippen LogP contribution is 2.31. The molecule has 4 nitrogen and oxygen atoms in total. The Hall–Kier alpha value is -3.27. The van der Waals surface area contributed by atoms with Gasteiger partial charge in [-0.1, -0.05) is 12.1 Å². The number of benzene rings is 3. The number of rotatable bonds is 5. The molecule has 3 aromatic rings. The minimum atomic E-state index is 0.333. The summed E-state index contributed by atoms with van der Waals surface area (Å²) < 4.78 is 11.1. The van der Waals surface area contributed by atoms with Crippen LogP contribution in [0.15, 0.2) is 65.7 Å². The summed E-state index contributed by atoms with van der Waals surface area (Å²) in [4.78, 5) is 4.48. The fourth-order valence-electron chi connectivity index (χ4n) is 2.64. The highest BCUT2D eigenvalue weighted by molar-refractivity contribution is 5.83. The van der Waals surface area contributed by atoms with E-state index in [0.717, 1.165) is 22.4 Å². The minimum absolute atomic E-state index is 0.333. The molecule has 0 aliphatic carbocycles. The smallest absolute Gasteiger partial charge is 0.169 e. The zero-order valence-electron chi connectivity index (χ0n) is 15.1. The van der Waals surface area contributed by atoms with Gasteiger partial charge in [0.05, 0.1) is 12.8 Å². The predicted molar refractivity (Wildman–Crippen MR) is 104 cm³/mol. The van der Waals surface area contributed by atoms with Crippen LogP contribution in [-0.4, -0.2) is 18.4 Å². The third-order valence-corrected chi connectivity index (χ3v) is 4.01. The van der Waals surface area contributed by atoms with Crippen LogP contribution in [-0.2, 0) is 0 Å². The van der Waals surface area contributed by atoms with Gasteiger partial charge in [0.1, 0.15) is 11.5 Å². The monoisotopic (exact) mass is 347 g/mol. The first-order valence-corrected chi connectivity index (χ1v) is 8.32. The average Bonchev–Trinajstić information content (AvgIpc) is 2.66. The van der Waals surface area contributed by atoms with Gasteiger partial charge in [0.25, 0.3) is 0 Å². The second-order valence-corrected chi connectivity index (χ2v) is 6.01. The number of ether oxygens (including phenoxy) is 2. The zero-order chi connectivity index (χ0) is 18.5. The lowest BCUT2D eigenvalue weighted by Crippen LogP contribution is -1.89. The minimum Gasteiger partial charge on any atom is -0.507 e. The van der Waals surface area contributed by atoms with E-state index >= 15 is 0 Å². The zero-order valence-corrected chi connectivity index (χ0v) is 15.1. The predicted octanol–water partition coefficient (Wildman–Crippen LogP) is 5.56. The molecule has 0 aliphatic heterocycles. The van der Waals surface area contributed by atoms with Crippen molar-refractivity contribution >= 4 is 11.9 Å². The Morgan fingerprint density at radius 3 is 2.12 bits per heavy atom. The number of hydrogen-bond acceptors (Lipinski definition) is 4. The summed E-state index contributed by atoms with van der Waals surface area (Å²) in [6, 6.07) is 18.8. The topological polar surface area (TPSA) is 51.0 Å². The van der Waals surface area contributed by atoms with Crippen molar-refractivity contribution in [3.05, 3.63) is 77.4 Å². The number of methoxy groups -OCH3 is 1. The molecule has 0 radical (unpaired) electrons. The first-order chi connectivity index (χ1) is 12.6. The van der Waals surface area contributed by atoms with Crippen molar-refractivity contribution in [3.8, 4) is 23.0 Å². The van der Waals surface area contributed by atoms with E-state index in [1.54, 1.807) is 13.3 Å². The molecular formula is C22H21NO3. The SMILES string of the molecule is COc1ccccc1Oc1ccc(N=Cc2cc(C)c(O)c(C)c2)cc1. The molecule has 26 heavy (non-hydrogen) atoms. The van der Waals surface area contributed by atoms with Crippen LogP contribution in [0, 0.1) is 13.8 Å². The summed E-state index contributed by atoms with van der Waals surface area (Å²) in [5, 5.41) is 9.84. The second-order valence-electron chi connectivity index (χ2n) is 6.01. The molecular weight excluding hydrogens is 326 g/mol. The lowest BCUT2D eigenvalue weighted by Gasteiger charge is -2.09. The van der Waals surface area contributed by atoms with E-state index in [9.17, 15) is 5.11 Å². The van der Waals surface area contributed by atoms with E-state index in [0.29, 0.717) is 23.0 Å². The lowest BCUT2D eigenvalue weighted by atomic mass is 10.1. The van der Waals surface area contributed by atoms with Gasteiger partial charge >= 0.3 is 0 Å². The molecule has 0 aliphatic rings. The van der Waals surface area contributed by atoms with Gasteiger partial charge in [-0.05, 0) is 79.1 Å². The fraction of sp³-hybridized carbons (Fsp3) is 0.136. The summed E-state index contributed by atoms with van der Waals surface area (Å²) in [5.41, 5.74) is 3.45. The van der Waals surface area contributed by atoms with Crippen molar-refractivity contribution < 1.29 is 14.6 Å². The molecule has 0 saturated heterocycles. The van der Waals surface area contributed by atoms with Gasteiger partial charge in [-0.15, -0.1) is 0 Å². The molecule has 0 unspecified atom stereocenters. The van der Waals surface area contributed by atoms with Gasteiger partial charge in [-0.25, -0.2) is 0 Å². The first-order valence-electron chi connectivity index (χ1n) is 8.32. The van der Waals surface area contributed by atoms with Crippen LogP contribution in [0.2, 0.25) is 0 Å². The number of phenolic OH excluding ortho intramolecular Hbond substituents is 1. The van der Waals surface area contributed by atoms with Crippen molar-refractivity contribution in [1.82, 2.24) is 0 Å². The number of nitrogens with zero attached hydrogens (tertiary/aromatic N) is 1. The largest absolute Gasteiger partial charge is 0.507 e. The third-order valence-electron chi connectivity index (χ3n) is 4.01. The van der Waals surface area contributed by atoms with Crippen LogP contribution in [0.4, 0.5) is 5.69 Å². The quantitative estimate of drug-likeness (QED) is 0.615. The van der Waals surface area contributed by atoms with Crippen LogP contribution in [0.25, 0.3) is 0 Å². The van der Waals surface area contributed by atoms with E-state index in [1.807, 2.05) is 74.5 Å². The molecule has 3 rings (SSSR count). The molecule has 132 valence electrons. The Balaban J connectivity index is 1.73. The van der Waals surface area contributed by atoms with E-state index < -0.39 is 0 Å². The third kappa shape index (κ3) is 4.03. The fourth-order valence-corrected chi connectivity index (χ4v) is 2.64. The van der Waals surface area contributed by atoms with Gasteiger partial charge in [0, 0.05) is 6.21 Å². The molecule has 4 heteroatoms. The van der Waals surface area contributed by atoms with Crippen LogP contribution < -0.4 is 9.47 Å². The standard InChI is InChI=1S/C22H21NO3/c1-15-12-17(13-16(2)22(15)24)14-23-18-8-10-19(11-9-18)26-21-7-5-4-6-20(21)25-3/h4-14,24H,1-3H3. The number of aliphatic imine (C=N–C) groups is 1. The molecule has 0 fully saturated rings. The van der Waals surface area contributed by atoms with Crippen molar-refractivity contribution in [2.24, 2.45) is 4.99 Å². The van der Waals surface area contributed by atoms with Gasteiger partial charge in [-0.2, -0.15) is 0 Å². The molecule has 0 aromatic heterocycles. The molecule has 0 atom stereocenters. The van der Waals surface area contributed by atoms with E-state index in [4.69, 9.17) is 9.47 Å². The van der Waals surface area contributed by atoms with Crippen LogP contribution >= 0.6 is 0 Å². The Labute approximate surface area is 153 Å². The molecule has 0 bridgehead atoms. The Bertz CT molecular complexity index is 907.